The minimum absolute atomic E-state index is 0.277. The van der Waals surface area contributed by atoms with Gasteiger partial charge in [0.15, 0.2) is 0 Å². The predicted molar refractivity (Wildman–Crippen MR) is 63.0 cm³/mol. The van der Waals surface area contributed by atoms with E-state index in [9.17, 15) is 0 Å². The number of aryl methyl sites for hydroxylation is 1. The molecule has 2 N–H and O–H groups in total. The molecule has 0 unspecified atom stereocenters. The second kappa shape index (κ2) is 4.51. The molecule has 0 saturated carbocycles. The number of aromatic nitrogens is 1. The van der Waals surface area contributed by atoms with Crippen molar-refractivity contribution in [2.24, 2.45) is 5.41 Å². The average molecular weight is 208 g/mol. The first-order chi connectivity index (χ1) is 6.88. The second-order valence-electron chi connectivity index (χ2n) is 5.07. The van der Waals surface area contributed by atoms with Crippen LogP contribution in [-0.2, 0) is 0 Å². The van der Waals surface area contributed by atoms with Gasteiger partial charge in [0.1, 0.15) is 0 Å². The summed E-state index contributed by atoms with van der Waals surface area (Å²) in [5.74, 6) is 0.546. The van der Waals surface area contributed by atoms with E-state index in [4.69, 9.17) is 10.5 Å². The molecule has 0 aromatic carbocycles. The first kappa shape index (κ1) is 11.8. The zero-order valence-corrected chi connectivity index (χ0v) is 10.0. The second-order valence-corrected chi connectivity index (χ2v) is 5.07. The number of pyridine rings is 1. The standard InChI is InChI=1S/C12H20N2O/c1-9-7-10(13)11(14-8-9)15-6-5-12(2,3)4/h7-8H,5-6,13H2,1-4H3. The first-order valence-electron chi connectivity index (χ1n) is 5.23. The number of nitrogen functional groups attached to an aromatic ring is 1. The van der Waals surface area contributed by atoms with Crippen LogP contribution in [0.25, 0.3) is 0 Å². The van der Waals surface area contributed by atoms with Gasteiger partial charge in [-0.3, -0.25) is 0 Å². The van der Waals surface area contributed by atoms with E-state index in [-0.39, 0.29) is 5.41 Å². The molecule has 0 radical (unpaired) electrons. The van der Waals surface area contributed by atoms with Crippen LogP contribution in [0.15, 0.2) is 12.3 Å². The summed E-state index contributed by atoms with van der Waals surface area (Å²) >= 11 is 0. The van der Waals surface area contributed by atoms with E-state index in [0.717, 1.165) is 12.0 Å². The third-order valence-electron chi connectivity index (χ3n) is 2.11. The lowest BCUT2D eigenvalue weighted by Gasteiger charge is -2.18. The fourth-order valence-electron chi connectivity index (χ4n) is 1.15. The molecule has 0 atom stereocenters. The topological polar surface area (TPSA) is 48.1 Å². The lowest BCUT2D eigenvalue weighted by atomic mass is 9.93. The molecule has 1 aromatic rings. The number of nitrogens with zero attached hydrogens (tertiary/aromatic N) is 1. The van der Waals surface area contributed by atoms with Gasteiger partial charge in [0.05, 0.1) is 12.3 Å². The Hall–Kier alpha value is -1.25. The summed E-state index contributed by atoms with van der Waals surface area (Å²) in [6.07, 6.45) is 2.75. The Labute approximate surface area is 91.7 Å². The number of rotatable bonds is 3. The molecule has 1 aromatic heterocycles. The van der Waals surface area contributed by atoms with Gasteiger partial charge in [-0.05, 0) is 30.4 Å². The summed E-state index contributed by atoms with van der Waals surface area (Å²) in [7, 11) is 0. The Morgan fingerprint density at radius 3 is 2.60 bits per heavy atom. The van der Waals surface area contributed by atoms with E-state index in [1.54, 1.807) is 6.20 Å². The van der Waals surface area contributed by atoms with Crippen molar-refractivity contribution in [2.75, 3.05) is 12.3 Å². The molecule has 84 valence electrons. The number of nitrogens with two attached hydrogens (primary N) is 1. The molecule has 0 fully saturated rings. The molecule has 3 heteroatoms. The summed E-state index contributed by atoms with van der Waals surface area (Å²) in [5, 5.41) is 0. The van der Waals surface area contributed by atoms with E-state index < -0.39 is 0 Å². The average Bonchev–Trinajstić information content (AvgIpc) is 2.07. The van der Waals surface area contributed by atoms with E-state index >= 15 is 0 Å². The van der Waals surface area contributed by atoms with Crippen molar-refractivity contribution in [1.82, 2.24) is 4.98 Å². The van der Waals surface area contributed by atoms with Crippen molar-refractivity contribution in [1.29, 1.82) is 0 Å². The Bertz CT molecular complexity index is 329. The quantitative estimate of drug-likeness (QED) is 0.831. The smallest absolute Gasteiger partial charge is 0.237 e. The normalized spacial score (nSPS) is 11.5. The minimum atomic E-state index is 0.277. The van der Waals surface area contributed by atoms with Crippen LogP contribution in [0.2, 0.25) is 0 Å². The Morgan fingerprint density at radius 1 is 1.40 bits per heavy atom. The number of hydrogen-bond acceptors (Lipinski definition) is 3. The highest BCUT2D eigenvalue weighted by molar-refractivity contribution is 5.49. The molecule has 0 bridgehead atoms. The Balaban J connectivity index is 2.51. The van der Waals surface area contributed by atoms with Crippen LogP contribution >= 0.6 is 0 Å². The Morgan fingerprint density at radius 2 is 2.07 bits per heavy atom. The zero-order chi connectivity index (χ0) is 11.5. The largest absolute Gasteiger partial charge is 0.476 e. The molecule has 3 nitrogen and oxygen atoms in total. The maximum absolute atomic E-state index is 5.78. The minimum Gasteiger partial charge on any atom is -0.476 e. The molecule has 0 aliphatic heterocycles. The number of hydrogen-bond donors (Lipinski definition) is 1. The third-order valence-corrected chi connectivity index (χ3v) is 2.11. The van der Waals surface area contributed by atoms with Crippen LogP contribution < -0.4 is 10.5 Å². The third kappa shape index (κ3) is 4.19. The molecular weight excluding hydrogens is 188 g/mol. The van der Waals surface area contributed by atoms with Gasteiger partial charge in [-0.15, -0.1) is 0 Å². The summed E-state index contributed by atoms with van der Waals surface area (Å²) in [6, 6.07) is 1.87. The maximum Gasteiger partial charge on any atom is 0.237 e. The van der Waals surface area contributed by atoms with Gasteiger partial charge in [-0.1, -0.05) is 20.8 Å². The van der Waals surface area contributed by atoms with Gasteiger partial charge in [0, 0.05) is 6.20 Å². The van der Waals surface area contributed by atoms with E-state index in [1.807, 2.05) is 13.0 Å². The van der Waals surface area contributed by atoms with Crippen molar-refractivity contribution < 1.29 is 4.74 Å². The monoisotopic (exact) mass is 208 g/mol. The molecule has 0 saturated heterocycles. The maximum atomic E-state index is 5.78. The SMILES string of the molecule is Cc1cnc(OCCC(C)(C)C)c(N)c1. The van der Waals surface area contributed by atoms with Gasteiger partial charge >= 0.3 is 0 Å². The van der Waals surface area contributed by atoms with Crippen LogP contribution in [0.1, 0.15) is 32.8 Å². The molecule has 0 aliphatic rings. The molecule has 0 aliphatic carbocycles. The summed E-state index contributed by atoms with van der Waals surface area (Å²) < 4.78 is 5.53. The number of ether oxygens (including phenoxy) is 1. The van der Waals surface area contributed by atoms with Gasteiger partial charge in [-0.25, -0.2) is 4.98 Å². The lowest BCUT2D eigenvalue weighted by molar-refractivity contribution is 0.237. The van der Waals surface area contributed by atoms with Gasteiger partial charge in [0.2, 0.25) is 5.88 Å². The molecular formula is C12H20N2O. The molecule has 1 heterocycles. The van der Waals surface area contributed by atoms with Crippen LogP contribution in [0.4, 0.5) is 5.69 Å². The molecule has 0 amide bonds. The van der Waals surface area contributed by atoms with Crippen LogP contribution in [0, 0.1) is 12.3 Å². The lowest BCUT2D eigenvalue weighted by Crippen LogP contribution is -2.12. The highest BCUT2D eigenvalue weighted by atomic mass is 16.5. The Kier molecular flexibility index (Phi) is 3.56. The van der Waals surface area contributed by atoms with Gasteiger partial charge in [0.25, 0.3) is 0 Å². The molecule has 1 rings (SSSR count). The zero-order valence-electron chi connectivity index (χ0n) is 10.0. The summed E-state index contributed by atoms with van der Waals surface area (Å²) in [5.41, 5.74) is 7.73. The van der Waals surface area contributed by atoms with Crippen molar-refractivity contribution in [3.05, 3.63) is 17.8 Å². The number of anilines is 1. The highest BCUT2D eigenvalue weighted by Crippen LogP contribution is 2.22. The van der Waals surface area contributed by atoms with Gasteiger partial charge in [-0.2, -0.15) is 0 Å². The van der Waals surface area contributed by atoms with E-state index in [1.165, 1.54) is 0 Å². The summed E-state index contributed by atoms with van der Waals surface area (Å²) in [6.45, 7) is 9.17. The molecule has 0 spiro atoms. The highest BCUT2D eigenvalue weighted by Gasteiger charge is 2.10. The van der Waals surface area contributed by atoms with Crippen LogP contribution in [0.3, 0.4) is 0 Å². The predicted octanol–water partition coefficient (Wildman–Crippen LogP) is 2.79. The first-order valence-corrected chi connectivity index (χ1v) is 5.23. The summed E-state index contributed by atoms with van der Waals surface area (Å²) in [4.78, 5) is 4.15. The van der Waals surface area contributed by atoms with E-state index in [0.29, 0.717) is 18.2 Å². The van der Waals surface area contributed by atoms with Gasteiger partial charge < -0.3 is 10.5 Å². The van der Waals surface area contributed by atoms with Crippen LogP contribution in [-0.4, -0.2) is 11.6 Å². The van der Waals surface area contributed by atoms with Crippen LogP contribution in [0.5, 0.6) is 5.88 Å². The molecule has 15 heavy (non-hydrogen) atoms. The van der Waals surface area contributed by atoms with Crippen molar-refractivity contribution in [3.63, 3.8) is 0 Å². The fourth-order valence-corrected chi connectivity index (χ4v) is 1.15. The van der Waals surface area contributed by atoms with Crippen molar-refractivity contribution in [2.45, 2.75) is 34.1 Å². The fraction of sp³-hybridized carbons (Fsp3) is 0.583. The van der Waals surface area contributed by atoms with Crippen molar-refractivity contribution >= 4 is 5.69 Å². The van der Waals surface area contributed by atoms with E-state index in [2.05, 4.69) is 25.8 Å². The van der Waals surface area contributed by atoms with Crippen molar-refractivity contribution in [3.8, 4) is 5.88 Å².